The third-order valence-corrected chi connectivity index (χ3v) is 7.24. The molecule has 1 amide bonds. The molecule has 1 N–H and O–H groups in total. The molecule has 3 rings (SSSR count). The van der Waals surface area contributed by atoms with E-state index in [1.807, 2.05) is 12.1 Å². The summed E-state index contributed by atoms with van der Waals surface area (Å²) in [7, 11) is -0.431. The van der Waals surface area contributed by atoms with Crippen LogP contribution in [0.15, 0.2) is 29.4 Å². The summed E-state index contributed by atoms with van der Waals surface area (Å²) < 4.78 is 32.3. The molecule has 1 fully saturated rings. The zero-order chi connectivity index (χ0) is 21.1. The summed E-state index contributed by atoms with van der Waals surface area (Å²) >= 11 is 5.85. The fourth-order valence-electron chi connectivity index (χ4n) is 3.27. The molecule has 9 nitrogen and oxygen atoms in total. The highest BCUT2D eigenvalue weighted by molar-refractivity contribution is 7.86. The molecule has 1 spiro atoms. The fourth-order valence-corrected chi connectivity index (χ4v) is 4.50. The van der Waals surface area contributed by atoms with E-state index >= 15 is 0 Å². The first-order valence-electron chi connectivity index (χ1n) is 9.33. The van der Waals surface area contributed by atoms with Crippen LogP contribution < -0.4 is 5.32 Å². The lowest BCUT2D eigenvalue weighted by Crippen LogP contribution is -2.50. The van der Waals surface area contributed by atoms with Crippen molar-refractivity contribution in [1.29, 1.82) is 0 Å². The summed E-state index contributed by atoms with van der Waals surface area (Å²) in [4.78, 5) is 17.5. The number of oxime groups is 1. The first-order valence-corrected chi connectivity index (χ1v) is 11.1. The normalized spacial score (nSPS) is 19.1. The summed E-state index contributed by atoms with van der Waals surface area (Å²) in [6.07, 6.45) is 1.36. The second-order valence-electron chi connectivity index (χ2n) is 7.32. The van der Waals surface area contributed by atoms with E-state index in [1.165, 1.54) is 22.7 Å². The van der Waals surface area contributed by atoms with Gasteiger partial charge in [-0.1, -0.05) is 28.9 Å². The molecule has 160 valence electrons. The van der Waals surface area contributed by atoms with Gasteiger partial charge in [0.25, 0.3) is 10.2 Å². The van der Waals surface area contributed by atoms with Gasteiger partial charge in [-0.05, 0) is 24.1 Å². The molecule has 2 aliphatic rings. The summed E-state index contributed by atoms with van der Waals surface area (Å²) in [6, 6.07) is 7.40. The van der Waals surface area contributed by atoms with E-state index in [-0.39, 0.29) is 5.90 Å². The highest BCUT2D eigenvalue weighted by Crippen LogP contribution is 2.35. The van der Waals surface area contributed by atoms with Gasteiger partial charge in [-0.2, -0.15) is 17.0 Å². The van der Waals surface area contributed by atoms with Crippen molar-refractivity contribution in [2.75, 3.05) is 33.7 Å². The van der Waals surface area contributed by atoms with Crippen LogP contribution in [0.2, 0.25) is 5.02 Å². The van der Waals surface area contributed by atoms with Crippen LogP contribution in [0.25, 0.3) is 0 Å². The molecule has 1 saturated heterocycles. The van der Waals surface area contributed by atoms with Crippen LogP contribution in [0.4, 0.5) is 4.79 Å². The lowest BCUT2D eigenvalue weighted by atomic mass is 9.89. The van der Waals surface area contributed by atoms with Crippen LogP contribution in [-0.4, -0.2) is 68.3 Å². The Kier molecular flexibility index (Phi) is 6.67. The van der Waals surface area contributed by atoms with Crippen molar-refractivity contribution in [1.82, 2.24) is 13.9 Å². The summed E-state index contributed by atoms with van der Waals surface area (Å²) in [6.45, 7) is 1.07. The smallest absolute Gasteiger partial charge is 0.392 e. The number of ether oxygens (including phenoxy) is 1. The maximum absolute atomic E-state index is 12.2. The van der Waals surface area contributed by atoms with E-state index in [1.54, 1.807) is 12.1 Å². The van der Waals surface area contributed by atoms with Crippen LogP contribution in [0.3, 0.4) is 0 Å². The molecule has 2 aliphatic heterocycles. The van der Waals surface area contributed by atoms with Crippen molar-refractivity contribution >= 4 is 33.8 Å². The quantitative estimate of drug-likeness (QED) is 0.748. The Morgan fingerprint density at radius 3 is 2.59 bits per heavy atom. The molecule has 11 heteroatoms. The number of benzene rings is 1. The van der Waals surface area contributed by atoms with Crippen molar-refractivity contribution in [3.63, 3.8) is 0 Å². The monoisotopic (exact) mass is 444 g/mol. The Morgan fingerprint density at radius 2 is 1.97 bits per heavy atom. The summed E-state index contributed by atoms with van der Waals surface area (Å²) in [5.41, 5.74) is 0.437. The number of alkyl carbamates (subject to hydrolysis) is 1. The zero-order valence-electron chi connectivity index (χ0n) is 16.4. The molecule has 0 bridgehead atoms. The number of rotatable bonds is 5. The molecule has 29 heavy (non-hydrogen) atoms. The van der Waals surface area contributed by atoms with Crippen molar-refractivity contribution in [2.24, 2.45) is 5.16 Å². The highest BCUT2D eigenvalue weighted by Gasteiger charge is 2.45. The average Bonchev–Trinajstić information content (AvgIpc) is 3.05. The lowest BCUT2D eigenvalue weighted by Gasteiger charge is -2.37. The van der Waals surface area contributed by atoms with Gasteiger partial charge in [-0.15, -0.1) is 0 Å². The third kappa shape index (κ3) is 5.39. The molecule has 0 unspecified atom stereocenters. The second-order valence-corrected chi connectivity index (χ2v) is 9.90. The Hall–Kier alpha value is -1.88. The number of carbonyl (C=O) groups excluding carboxylic acids is 1. The molecule has 0 aromatic heterocycles. The number of piperidine rings is 1. The molecule has 0 radical (unpaired) electrons. The Bertz CT molecular complexity index is 865. The minimum Gasteiger partial charge on any atom is -0.392 e. The van der Waals surface area contributed by atoms with Crippen LogP contribution in [0.1, 0.15) is 24.8 Å². The summed E-state index contributed by atoms with van der Waals surface area (Å²) in [5, 5.41) is 7.24. The second kappa shape index (κ2) is 8.86. The van der Waals surface area contributed by atoms with Crippen molar-refractivity contribution in [3.8, 4) is 0 Å². The van der Waals surface area contributed by atoms with Gasteiger partial charge in [-0.3, -0.25) is 0 Å². The van der Waals surface area contributed by atoms with Gasteiger partial charge >= 0.3 is 6.09 Å². The van der Waals surface area contributed by atoms with Gasteiger partial charge in [0.1, 0.15) is 5.60 Å². The molecule has 0 atom stereocenters. The van der Waals surface area contributed by atoms with E-state index < -0.39 is 21.9 Å². The van der Waals surface area contributed by atoms with Crippen LogP contribution >= 0.6 is 11.6 Å². The Labute approximate surface area is 175 Å². The maximum Gasteiger partial charge on any atom is 0.413 e. The number of halogens is 1. The van der Waals surface area contributed by atoms with Gasteiger partial charge in [-0.25, -0.2) is 4.79 Å². The number of nitrogens with one attached hydrogen (secondary N) is 1. The van der Waals surface area contributed by atoms with Gasteiger partial charge in [0.2, 0.25) is 5.90 Å². The third-order valence-electron chi connectivity index (χ3n) is 5.04. The maximum atomic E-state index is 12.2. The molecule has 0 saturated carbocycles. The minimum atomic E-state index is -3.44. The minimum absolute atomic E-state index is 0.206. The number of carbonyl (C=O) groups is 1. The molecule has 1 aromatic carbocycles. The van der Waals surface area contributed by atoms with Gasteiger partial charge in [0.05, 0.1) is 6.42 Å². The van der Waals surface area contributed by atoms with E-state index in [0.717, 1.165) is 5.56 Å². The van der Waals surface area contributed by atoms with E-state index in [9.17, 15) is 13.2 Å². The predicted molar refractivity (Wildman–Crippen MR) is 109 cm³/mol. The topological polar surface area (TPSA) is 101 Å². The highest BCUT2D eigenvalue weighted by atomic mass is 35.5. The molecule has 2 heterocycles. The first-order chi connectivity index (χ1) is 13.7. The van der Waals surface area contributed by atoms with Crippen LogP contribution in [-0.2, 0) is 26.2 Å². The SMILES string of the molecule is CN(C)S(=O)(=O)N1CCC2(CC1)CC(OC(=O)NCCc1ccc(Cl)cc1)=NO2. The number of nitrogens with zero attached hydrogens (tertiary/aromatic N) is 3. The van der Waals surface area contributed by atoms with Gasteiger partial charge in [0.15, 0.2) is 0 Å². The number of amides is 1. The first kappa shape index (κ1) is 21.8. The van der Waals surface area contributed by atoms with Crippen molar-refractivity contribution in [3.05, 3.63) is 34.9 Å². The van der Waals surface area contributed by atoms with E-state index in [2.05, 4.69) is 10.5 Å². The molecule has 1 aromatic rings. The standard InChI is InChI=1S/C18H25ClN4O5S/c1-22(2)29(25,26)23-11-8-18(9-12-23)13-16(21-28-18)27-17(24)20-10-7-14-3-5-15(19)6-4-14/h3-6H,7-13H2,1-2H3,(H,20,24). The molecular formula is C18H25ClN4O5S. The molecule has 0 aliphatic carbocycles. The van der Waals surface area contributed by atoms with Gasteiger partial charge < -0.3 is 14.9 Å². The number of hydrogen-bond acceptors (Lipinski definition) is 6. The largest absolute Gasteiger partial charge is 0.413 e. The lowest BCUT2D eigenvalue weighted by molar-refractivity contribution is -0.0510. The predicted octanol–water partition coefficient (Wildman–Crippen LogP) is 1.98. The fraction of sp³-hybridized carbons (Fsp3) is 0.556. The summed E-state index contributed by atoms with van der Waals surface area (Å²) in [5.74, 6) is 0.206. The Morgan fingerprint density at radius 1 is 1.31 bits per heavy atom. The van der Waals surface area contributed by atoms with Crippen molar-refractivity contribution in [2.45, 2.75) is 31.3 Å². The Balaban J connectivity index is 1.41. The van der Waals surface area contributed by atoms with E-state index in [4.69, 9.17) is 21.2 Å². The van der Waals surface area contributed by atoms with Crippen LogP contribution in [0.5, 0.6) is 0 Å². The number of hydrogen-bond donors (Lipinski definition) is 1. The average molecular weight is 445 g/mol. The van der Waals surface area contributed by atoms with Crippen molar-refractivity contribution < 1.29 is 22.8 Å². The van der Waals surface area contributed by atoms with Crippen LogP contribution in [0, 0.1) is 0 Å². The van der Waals surface area contributed by atoms with Gasteiger partial charge in [0, 0.05) is 51.6 Å². The van der Waals surface area contributed by atoms with E-state index in [0.29, 0.717) is 50.3 Å². The molecular weight excluding hydrogens is 420 g/mol. The zero-order valence-corrected chi connectivity index (χ0v) is 18.0.